The highest BCUT2D eigenvalue weighted by atomic mass is 32.2. The molecule has 2 aliphatic rings. The number of benzene rings is 3. The van der Waals surface area contributed by atoms with E-state index in [0.29, 0.717) is 37.6 Å². The average Bonchev–Trinajstić information content (AvgIpc) is 3.42. The summed E-state index contributed by atoms with van der Waals surface area (Å²) in [5.74, 6) is -3.32. The van der Waals surface area contributed by atoms with Gasteiger partial charge >= 0.3 is 6.18 Å². The van der Waals surface area contributed by atoms with Gasteiger partial charge in [0.25, 0.3) is 11.8 Å². The maximum Gasteiger partial charge on any atom is 0.416 e. The third-order valence-corrected chi connectivity index (χ3v) is 10.9. The monoisotopic (exact) mass is 686 g/mol. The summed E-state index contributed by atoms with van der Waals surface area (Å²) in [4.78, 5) is 18.6. The summed E-state index contributed by atoms with van der Waals surface area (Å²) in [5, 5.41) is 3.91. The molecule has 254 valence electrons. The maximum atomic E-state index is 14.2. The van der Waals surface area contributed by atoms with Crippen LogP contribution in [-0.4, -0.2) is 54.2 Å². The van der Waals surface area contributed by atoms with Crippen molar-refractivity contribution in [2.24, 2.45) is 0 Å². The van der Waals surface area contributed by atoms with Crippen LogP contribution < -0.4 is 5.32 Å². The molecule has 3 aromatic carbocycles. The minimum Gasteiger partial charge on any atom is -0.358 e. The molecule has 1 amide bonds. The topological polar surface area (TPSA) is 85.5 Å². The van der Waals surface area contributed by atoms with E-state index in [-0.39, 0.29) is 30.6 Å². The Morgan fingerprint density at radius 3 is 2.38 bits per heavy atom. The molecule has 2 aliphatic heterocycles. The molecule has 48 heavy (non-hydrogen) atoms. The zero-order valence-electron chi connectivity index (χ0n) is 26.2. The molecule has 7 nitrogen and oxygen atoms in total. The molecule has 0 atom stereocenters. The van der Waals surface area contributed by atoms with Gasteiger partial charge in [0.05, 0.1) is 10.5 Å². The number of sulfonamides is 1. The quantitative estimate of drug-likeness (QED) is 0.155. The van der Waals surface area contributed by atoms with Gasteiger partial charge in [-0.25, -0.2) is 8.42 Å². The van der Waals surface area contributed by atoms with Gasteiger partial charge in [-0.2, -0.15) is 26.3 Å². The maximum absolute atomic E-state index is 14.2. The number of rotatable bonds is 8. The predicted molar refractivity (Wildman–Crippen MR) is 172 cm³/mol. The van der Waals surface area contributed by atoms with Crippen LogP contribution in [0.25, 0.3) is 10.9 Å². The zero-order valence-corrected chi connectivity index (χ0v) is 27.0. The Morgan fingerprint density at radius 2 is 1.69 bits per heavy atom. The predicted octanol–water partition coefficient (Wildman–Crippen LogP) is 7.00. The van der Waals surface area contributed by atoms with Crippen LogP contribution in [0.1, 0.15) is 58.1 Å². The van der Waals surface area contributed by atoms with Crippen molar-refractivity contribution >= 4 is 26.8 Å². The highest BCUT2D eigenvalue weighted by Crippen LogP contribution is 2.33. The van der Waals surface area contributed by atoms with Crippen LogP contribution in [0.15, 0.2) is 83.8 Å². The number of aromatic nitrogens is 1. The molecule has 2 N–H and O–H groups in total. The van der Waals surface area contributed by atoms with Crippen LogP contribution in [-0.2, 0) is 41.6 Å². The summed E-state index contributed by atoms with van der Waals surface area (Å²) in [6.07, 6.45) is -1.05. The Morgan fingerprint density at radius 1 is 0.958 bits per heavy atom. The van der Waals surface area contributed by atoms with Crippen LogP contribution >= 0.6 is 0 Å². The number of alkyl halides is 5. The number of aromatic amines is 1. The van der Waals surface area contributed by atoms with Crippen molar-refractivity contribution in [3.63, 3.8) is 0 Å². The standard InChI is InChI=1S/C35H35F5N4O3S/c1-2-15-34(36,37)25-9-6-23(7-10-25)21-43-16-14-32-30(22-43)29-19-24(8-11-31(29)42-32)33(45)41-27-12-17-44(18-13-27)48(46,47)28-5-3-4-26(20-28)35(38,39)40/h2-11,15,19-20,27,42H,12-14,16-18,21-22H2,1H3,(H,41,45)/b15-2+. The molecule has 3 heterocycles. The lowest BCUT2D eigenvalue weighted by molar-refractivity contribution is -0.137. The van der Waals surface area contributed by atoms with E-state index < -0.39 is 32.6 Å². The lowest BCUT2D eigenvalue weighted by atomic mass is 10.0. The number of fused-ring (bicyclic) bond motifs is 3. The summed E-state index contributed by atoms with van der Waals surface area (Å²) in [5.41, 5.74) is 3.37. The number of carbonyl (C=O) groups excluding carboxylic acids is 1. The zero-order chi connectivity index (χ0) is 34.3. The number of amides is 1. The molecule has 0 radical (unpaired) electrons. The number of hydrogen-bond donors (Lipinski definition) is 2. The van der Waals surface area contributed by atoms with Crippen molar-refractivity contribution in [1.82, 2.24) is 19.5 Å². The molecular formula is C35H35F5N4O3S. The highest BCUT2D eigenvalue weighted by molar-refractivity contribution is 7.89. The molecular weight excluding hydrogens is 651 g/mol. The van der Waals surface area contributed by atoms with E-state index in [2.05, 4.69) is 15.2 Å². The molecule has 0 spiro atoms. The normalized spacial score (nSPS) is 17.2. The fraction of sp³-hybridized carbons (Fsp3) is 0.343. The van der Waals surface area contributed by atoms with Gasteiger partial charge in [-0.15, -0.1) is 0 Å². The van der Waals surface area contributed by atoms with Crippen molar-refractivity contribution in [2.75, 3.05) is 19.6 Å². The Labute approximate surface area is 275 Å². The highest BCUT2D eigenvalue weighted by Gasteiger charge is 2.35. The van der Waals surface area contributed by atoms with Crippen LogP contribution in [0.4, 0.5) is 22.0 Å². The van der Waals surface area contributed by atoms with Crippen LogP contribution in [0.5, 0.6) is 0 Å². The molecule has 1 saturated heterocycles. The van der Waals surface area contributed by atoms with Gasteiger partial charge in [-0.1, -0.05) is 36.4 Å². The van der Waals surface area contributed by atoms with E-state index in [0.717, 1.165) is 69.3 Å². The van der Waals surface area contributed by atoms with Crippen molar-refractivity contribution in [3.8, 4) is 0 Å². The molecule has 0 bridgehead atoms. The second-order valence-electron chi connectivity index (χ2n) is 12.3. The van der Waals surface area contributed by atoms with Gasteiger partial charge in [0.2, 0.25) is 10.0 Å². The first-order valence-electron chi connectivity index (χ1n) is 15.7. The average molecular weight is 687 g/mol. The fourth-order valence-electron chi connectivity index (χ4n) is 6.43. The third-order valence-electron chi connectivity index (χ3n) is 9.03. The third kappa shape index (κ3) is 7.03. The van der Waals surface area contributed by atoms with Gasteiger partial charge in [0.15, 0.2) is 0 Å². The Balaban J connectivity index is 1.09. The first-order valence-corrected chi connectivity index (χ1v) is 17.1. The number of carbonyl (C=O) groups is 1. The van der Waals surface area contributed by atoms with Crippen molar-refractivity contribution in [3.05, 3.63) is 112 Å². The summed E-state index contributed by atoms with van der Waals surface area (Å²) in [6, 6.07) is 15.2. The van der Waals surface area contributed by atoms with Gasteiger partial charge in [0.1, 0.15) is 0 Å². The van der Waals surface area contributed by atoms with E-state index in [1.165, 1.54) is 18.2 Å². The molecule has 1 aromatic heterocycles. The van der Waals surface area contributed by atoms with E-state index >= 15 is 0 Å². The smallest absolute Gasteiger partial charge is 0.358 e. The van der Waals surface area contributed by atoms with E-state index in [1.807, 2.05) is 12.1 Å². The summed E-state index contributed by atoms with van der Waals surface area (Å²) in [7, 11) is -4.13. The number of H-pyrrole nitrogens is 1. The first-order chi connectivity index (χ1) is 22.7. The molecule has 0 unspecified atom stereocenters. The van der Waals surface area contributed by atoms with Crippen LogP contribution in [0.3, 0.4) is 0 Å². The van der Waals surface area contributed by atoms with Crippen molar-refractivity contribution in [2.45, 2.75) is 62.3 Å². The van der Waals surface area contributed by atoms with Crippen LogP contribution in [0, 0.1) is 0 Å². The number of piperidine rings is 1. The Hall–Kier alpha value is -4.07. The molecule has 6 rings (SSSR count). The Bertz CT molecular complexity index is 1950. The molecule has 0 aliphatic carbocycles. The lowest BCUT2D eigenvalue weighted by Gasteiger charge is -2.31. The number of halogens is 5. The van der Waals surface area contributed by atoms with Gasteiger partial charge in [-0.05, 0) is 73.4 Å². The Kier molecular flexibility index (Phi) is 9.22. The second kappa shape index (κ2) is 13.1. The SMILES string of the molecule is C/C=C/C(F)(F)c1ccc(CN2CCc3[nH]c4ccc(C(=O)NC5CCN(S(=O)(=O)c6cccc(C(F)(F)F)c6)CC5)cc4c3C2)cc1. The second-order valence-corrected chi connectivity index (χ2v) is 14.2. The lowest BCUT2D eigenvalue weighted by Crippen LogP contribution is -2.46. The summed E-state index contributed by atoms with van der Waals surface area (Å²) in [6.45, 7) is 3.67. The fourth-order valence-corrected chi connectivity index (χ4v) is 7.95. The molecule has 13 heteroatoms. The van der Waals surface area contributed by atoms with Crippen molar-refractivity contribution in [1.29, 1.82) is 0 Å². The minimum atomic E-state index is -4.66. The molecule has 1 fully saturated rings. The van der Waals surface area contributed by atoms with Crippen LogP contribution in [0.2, 0.25) is 0 Å². The number of nitrogens with one attached hydrogen (secondary N) is 2. The van der Waals surface area contributed by atoms with E-state index in [4.69, 9.17) is 0 Å². The van der Waals surface area contributed by atoms with Gasteiger partial charge in [0, 0.05) is 72.9 Å². The van der Waals surface area contributed by atoms with Crippen molar-refractivity contribution < 1.29 is 35.2 Å². The van der Waals surface area contributed by atoms with E-state index in [1.54, 1.807) is 25.1 Å². The molecule has 4 aromatic rings. The van der Waals surface area contributed by atoms with E-state index in [9.17, 15) is 35.2 Å². The minimum absolute atomic E-state index is 0.0570. The summed E-state index contributed by atoms with van der Waals surface area (Å²) < 4.78 is 95.2. The first kappa shape index (κ1) is 33.8. The number of allylic oxidation sites excluding steroid dienone is 2. The summed E-state index contributed by atoms with van der Waals surface area (Å²) >= 11 is 0. The largest absolute Gasteiger partial charge is 0.416 e. The van der Waals surface area contributed by atoms with Gasteiger partial charge < -0.3 is 10.3 Å². The molecule has 0 saturated carbocycles. The number of hydrogen-bond acceptors (Lipinski definition) is 4. The number of nitrogens with zero attached hydrogens (tertiary/aromatic N) is 2. The van der Waals surface area contributed by atoms with Gasteiger partial charge in [-0.3, -0.25) is 9.69 Å².